The molecule has 0 bridgehead atoms. The maximum Gasteiger partial charge on any atom is 0.389 e. The maximum absolute atomic E-state index is 11.9. The minimum absolute atomic E-state index is 0.0412. The van der Waals surface area contributed by atoms with Crippen molar-refractivity contribution in [2.75, 3.05) is 19.8 Å². The van der Waals surface area contributed by atoms with Crippen LogP contribution in [0.25, 0.3) is 0 Å². The van der Waals surface area contributed by atoms with E-state index in [-0.39, 0.29) is 31.2 Å². The Morgan fingerprint density at radius 1 is 1.20 bits per heavy atom. The van der Waals surface area contributed by atoms with Gasteiger partial charge < -0.3 is 15.2 Å². The Morgan fingerprint density at radius 3 is 2.60 bits per heavy atom. The molecular formula is C13H16F3NO2S. The van der Waals surface area contributed by atoms with E-state index in [9.17, 15) is 13.2 Å². The quantitative estimate of drug-likeness (QED) is 0.592. The van der Waals surface area contributed by atoms with Crippen LogP contribution in [0.5, 0.6) is 5.75 Å². The zero-order valence-corrected chi connectivity index (χ0v) is 11.6. The molecule has 0 aromatic heterocycles. The van der Waals surface area contributed by atoms with Crippen LogP contribution in [-0.4, -0.2) is 31.0 Å². The molecule has 1 rings (SSSR count). The number of hydrogen-bond donors (Lipinski definition) is 1. The van der Waals surface area contributed by atoms with E-state index in [0.29, 0.717) is 11.3 Å². The fraction of sp³-hybridized carbons (Fsp3) is 0.462. The Balaban J connectivity index is 2.15. The van der Waals surface area contributed by atoms with E-state index >= 15 is 0 Å². The molecule has 2 N–H and O–H groups in total. The molecule has 3 nitrogen and oxygen atoms in total. The lowest BCUT2D eigenvalue weighted by atomic mass is 10.2. The minimum atomic E-state index is -4.12. The van der Waals surface area contributed by atoms with Gasteiger partial charge in [-0.15, -0.1) is 0 Å². The summed E-state index contributed by atoms with van der Waals surface area (Å²) in [5, 5.41) is 0. The number of thiocarbonyl (C=S) groups is 1. The number of alkyl halides is 3. The summed E-state index contributed by atoms with van der Waals surface area (Å²) < 4.78 is 46.0. The number of rotatable bonds is 8. The van der Waals surface area contributed by atoms with E-state index in [1.54, 1.807) is 24.3 Å². The van der Waals surface area contributed by atoms with Gasteiger partial charge in [-0.2, -0.15) is 13.2 Å². The first kappa shape index (κ1) is 16.7. The average Bonchev–Trinajstić information content (AvgIpc) is 2.36. The van der Waals surface area contributed by atoms with Crippen LogP contribution in [0.3, 0.4) is 0 Å². The fourth-order valence-electron chi connectivity index (χ4n) is 1.43. The standard InChI is InChI=1S/C13H16F3NO2S/c14-13(15,16)5-2-6-18-7-8-19-11-4-1-3-10(9-11)12(17)20/h1,3-4,9H,2,5-8H2,(H2,17,20). The van der Waals surface area contributed by atoms with Gasteiger partial charge in [0.2, 0.25) is 0 Å². The van der Waals surface area contributed by atoms with Crippen LogP contribution in [-0.2, 0) is 4.74 Å². The predicted octanol–water partition coefficient (Wildman–Crippen LogP) is 3.06. The molecule has 0 radical (unpaired) electrons. The monoisotopic (exact) mass is 307 g/mol. The first-order valence-electron chi connectivity index (χ1n) is 6.05. The second-order valence-corrected chi connectivity index (χ2v) is 4.51. The van der Waals surface area contributed by atoms with Crippen molar-refractivity contribution in [2.45, 2.75) is 19.0 Å². The van der Waals surface area contributed by atoms with Crippen molar-refractivity contribution < 1.29 is 22.6 Å². The summed E-state index contributed by atoms with van der Waals surface area (Å²) in [7, 11) is 0. The van der Waals surface area contributed by atoms with Crippen LogP contribution in [0, 0.1) is 0 Å². The Labute approximate surface area is 120 Å². The maximum atomic E-state index is 11.9. The van der Waals surface area contributed by atoms with Crippen molar-refractivity contribution in [1.82, 2.24) is 0 Å². The van der Waals surface area contributed by atoms with E-state index in [0.717, 1.165) is 0 Å². The van der Waals surface area contributed by atoms with Gasteiger partial charge in [0.15, 0.2) is 0 Å². The van der Waals surface area contributed by atoms with Gasteiger partial charge in [-0.3, -0.25) is 0 Å². The Bertz CT molecular complexity index is 438. The van der Waals surface area contributed by atoms with Crippen LogP contribution in [0.15, 0.2) is 24.3 Å². The number of halogens is 3. The SMILES string of the molecule is NC(=S)c1cccc(OCCOCCCC(F)(F)F)c1. The van der Waals surface area contributed by atoms with E-state index in [4.69, 9.17) is 27.4 Å². The summed E-state index contributed by atoms with van der Waals surface area (Å²) in [5.74, 6) is 0.592. The van der Waals surface area contributed by atoms with Gasteiger partial charge in [0.05, 0.1) is 6.61 Å². The number of hydrogen-bond acceptors (Lipinski definition) is 3. The smallest absolute Gasteiger partial charge is 0.389 e. The Kier molecular flexibility index (Phi) is 6.74. The van der Waals surface area contributed by atoms with Crippen molar-refractivity contribution >= 4 is 17.2 Å². The molecule has 1 aromatic rings. The van der Waals surface area contributed by atoms with Crippen molar-refractivity contribution in [3.05, 3.63) is 29.8 Å². The second kappa shape index (κ2) is 8.06. The predicted molar refractivity (Wildman–Crippen MR) is 73.9 cm³/mol. The van der Waals surface area contributed by atoms with Crippen LogP contribution in [0.4, 0.5) is 13.2 Å². The van der Waals surface area contributed by atoms with Crippen molar-refractivity contribution in [3.63, 3.8) is 0 Å². The molecule has 0 aliphatic rings. The highest BCUT2D eigenvalue weighted by Crippen LogP contribution is 2.21. The summed E-state index contributed by atoms with van der Waals surface area (Å²) >= 11 is 4.84. The van der Waals surface area contributed by atoms with E-state index in [2.05, 4.69) is 0 Å². The Morgan fingerprint density at radius 2 is 1.95 bits per heavy atom. The molecule has 0 unspecified atom stereocenters. The van der Waals surface area contributed by atoms with Crippen molar-refractivity contribution in [2.24, 2.45) is 5.73 Å². The summed E-state index contributed by atoms with van der Waals surface area (Å²) in [6.07, 6.45) is -4.99. The van der Waals surface area contributed by atoms with Crippen molar-refractivity contribution in [3.8, 4) is 5.75 Å². The highest BCUT2D eigenvalue weighted by molar-refractivity contribution is 7.80. The minimum Gasteiger partial charge on any atom is -0.491 e. The highest BCUT2D eigenvalue weighted by Gasteiger charge is 2.25. The van der Waals surface area contributed by atoms with Gasteiger partial charge in [-0.25, -0.2) is 0 Å². The number of ether oxygens (including phenoxy) is 2. The zero-order valence-electron chi connectivity index (χ0n) is 10.8. The van der Waals surface area contributed by atoms with Gasteiger partial charge in [0.25, 0.3) is 0 Å². The topological polar surface area (TPSA) is 44.5 Å². The molecule has 0 aliphatic heterocycles. The van der Waals surface area contributed by atoms with Gasteiger partial charge in [0.1, 0.15) is 17.3 Å². The zero-order chi connectivity index (χ0) is 15.0. The summed E-state index contributed by atoms with van der Waals surface area (Å²) in [6, 6.07) is 6.97. The third-order valence-electron chi connectivity index (χ3n) is 2.36. The van der Waals surface area contributed by atoms with Gasteiger partial charge >= 0.3 is 6.18 Å². The van der Waals surface area contributed by atoms with Crippen LogP contribution < -0.4 is 10.5 Å². The average molecular weight is 307 g/mol. The molecule has 0 atom stereocenters. The lowest BCUT2D eigenvalue weighted by Crippen LogP contribution is -2.12. The van der Waals surface area contributed by atoms with E-state index in [1.165, 1.54) is 0 Å². The molecule has 0 aliphatic carbocycles. The third kappa shape index (κ3) is 7.30. The molecule has 0 amide bonds. The summed E-state index contributed by atoms with van der Waals surface area (Å²) in [4.78, 5) is 0.277. The normalized spacial score (nSPS) is 11.3. The van der Waals surface area contributed by atoms with Crippen LogP contribution in [0.2, 0.25) is 0 Å². The molecule has 0 spiro atoms. The molecule has 20 heavy (non-hydrogen) atoms. The molecule has 0 saturated heterocycles. The molecule has 0 fully saturated rings. The first-order valence-corrected chi connectivity index (χ1v) is 6.46. The molecule has 0 heterocycles. The van der Waals surface area contributed by atoms with Gasteiger partial charge in [0, 0.05) is 18.6 Å². The molecule has 0 saturated carbocycles. The van der Waals surface area contributed by atoms with E-state index < -0.39 is 12.6 Å². The van der Waals surface area contributed by atoms with Gasteiger partial charge in [-0.1, -0.05) is 24.4 Å². The molecule has 1 aromatic carbocycles. The highest BCUT2D eigenvalue weighted by atomic mass is 32.1. The van der Waals surface area contributed by atoms with Crippen molar-refractivity contribution in [1.29, 1.82) is 0 Å². The third-order valence-corrected chi connectivity index (χ3v) is 2.60. The van der Waals surface area contributed by atoms with Gasteiger partial charge in [-0.05, 0) is 18.6 Å². The summed E-state index contributed by atoms with van der Waals surface area (Å²) in [6.45, 7) is 0.553. The lowest BCUT2D eigenvalue weighted by Gasteiger charge is -2.09. The second-order valence-electron chi connectivity index (χ2n) is 4.07. The fourth-order valence-corrected chi connectivity index (χ4v) is 1.56. The Hall–Kier alpha value is -1.34. The molecular weight excluding hydrogens is 291 g/mol. The largest absolute Gasteiger partial charge is 0.491 e. The molecule has 112 valence electrons. The first-order chi connectivity index (χ1) is 9.38. The number of benzene rings is 1. The van der Waals surface area contributed by atoms with E-state index in [1.807, 2.05) is 0 Å². The molecule has 7 heteroatoms. The van der Waals surface area contributed by atoms with Crippen LogP contribution in [0.1, 0.15) is 18.4 Å². The van der Waals surface area contributed by atoms with Crippen LogP contribution >= 0.6 is 12.2 Å². The summed E-state index contributed by atoms with van der Waals surface area (Å²) in [5.41, 5.74) is 6.18. The number of nitrogens with two attached hydrogens (primary N) is 1. The lowest BCUT2D eigenvalue weighted by molar-refractivity contribution is -0.138.